The molecule has 2 aromatic rings. The molecule has 0 radical (unpaired) electrons. The minimum atomic E-state index is -0.759. The SMILES string of the molecule is COc1ccc(NC(=O)[C@@H]2Cc3ccc(OCC(=O)NO)cc3CN2C(=O)[C@@H](N)C(C)C)cc1.Cl. The van der Waals surface area contributed by atoms with Crippen molar-refractivity contribution >= 4 is 35.8 Å². The van der Waals surface area contributed by atoms with E-state index in [0.717, 1.165) is 11.1 Å². The number of nitrogens with zero attached hydrogens (tertiary/aromatic N) is 1. The van der Waals surface area contributed by atoms with Crippen LogP contribution in [0.1, 0.15) is 25.0 Å². The largest absolute Gasteiger partial charge is 0.497 e. The van der Waals surface area contributed by atoms with Crippen molar-refractivity contribution in [3.05, 3.63) is 53.6 Å². The molecule has 0 aliphatic carbocycles. The van der Waals surface area contributed by atoms with Crippen LogP contribution < -0.4 is 26.0 Å². The summed E-state index contributed by atoms with van der Waals surface area (Å²) in [7, 11) is 1.56. The zero-order valence-electron chi connectivity index (χ0n) is 19.8. The Labute approximate surface area is 210 Å². The number of hydrogen-bond donors (Lipinski definition) is 4. The summed E-state index contributed by atoms with van der Waals surface area (Å²) in [6.07, 6.45) is 0.297. The van der Waals surface area contributed by atoms with Crippen molar-refractivity contribution in [1.82, 2.24) is 10.4 Å². The van der Waals surface area contributed by atoms with Gasteiger partial charge in [0, 0.05) is 18.7 Å². The molecule has 3 amide bonds. The minimum absolute atomic E-state index is 0. The summed E-state index contributed by atoms with van der Waals surface area (Å²) in [6.45, 7) is 3.51. The summed E-state index contributed by atoms with van der Waals surface area (Å²) in [5.41, 5.74) is 9.92. The van der Waals surface area contributed by atoms with Crippen molar-refractivity contribution in [3.8, 4) is 11.5 Å². The molecule has 35 heavy (non-hydrogen) atoms. The van der Waals surface area contributed by atoms with E-state index in [0.29, 0.717) is 23.6 Å². The first-order valence-electron chi connectivity index (χ1n) is 10.9. The summed E-state index contributed by atoms with van der Waals surface area (Å²) < 4.78 is 10.5. The van der Waals surface area contributed by atoms with Gasteiger partial charge >= 0.3 is 0 Å². The van der Waals surface area contributed by atoms with Crippen LogP contribution in [0.2, 0.25) is 0 Å². The number of anilines is 1. The molecule has 3 rings (SSSR count). The fourth-order valence-corrected chi connectivity index (χ4v) is 3.67. The highest BCUT2D eigenvalue weighted by molar-refractivity contribution is 5.98. The fourth-order valence-electron chi connectivity index (χ4n) is 3.67. The van der Waals surface area contributed by atoms with Gasteiger partial charge in [0.2, 0.25) is 11.8 Å². The van der Waals surface area contributed by atoms with Crippen molar-refractivity contribution in [2.24, 2.45) is 11.7 Å². The molecule has 2 aromatic carbocycles. The van der Waals surface area contributed by atoms with Crippen LogP contribution in [0.15, 0.2) is 42.5 Å². The Hall–Kier alpha value is -3.34. The van der Waals surface area contributed by atoms with Crippen LogP contribution in [0.4, 0.5) is 5.69 Å². The lowest BCUT2D eigenvalue weighted by Gasteiger charge is -2.38. The maximum absolute atomic E-state index is 13.2. The monoisotopic (exact) mass is 506 g/mol. The van der Waals surface area contributed by atoms with Crippen LogP contribution in [-0.2, 0) is 27.3 Å². The number of nitrogens with one attached hydrogen (secondary N) is 2. The van der Waals surface area contributed by atoms with Gasteiger partial charge in [0.25, 0.3) is 5.91 Å². The van der Waals surface area contributed by atoms with Gasteiger partial charge in [0.1, 0.15) is 17.5 Å². The van der Waals surface area contributed by atoms with E-state index in [1.54, 1.807) is 49.6 Å². The Morgan fingerprint density at radius 2 is 1.77 bits per heavy atom. The Morgan fingerprint density at radius 3 is 2.37 bits per heavy atom. The summed E-state index contributed by atoms with van der Waals surface area (Å²) in [5.74, 6) is -0.358. The molecule has 1 aliphatic heterocycles. The maximum Gasteiger partial charge on any atom is 0.281 e. The highest BCUT2D eigenvalue weighted by Gasteiger charge is 2.37. The minimum Gasteiger partial charge on any atom is -0.497 e. The van der Waals surface area contributed by atoms with Gasteiger partial charge in [0.15, 0.2) is 6.61 Å². The summed E-state index contributed by atoms with van der Waals surface area (Å²) in [5, 5.41) is 11.5. The molecule has 0 aromatic heterocycles. The van der Waals surface area contributed by atoms with E-state index < -0.39 is 18.0 Å². The van der Waals surface area contributed by atoms with Crippen molar-refractivity contribution in [1.29, 1.82) is 0 Å². The predicted molar refractivity (Wildman–Crippen MR) is 132 cm³/mol. The van der Waals surface area contributed by atoms with Gasteiger partial charge in [-0.05, 0) is 53.4 Å². The van der Waals surface area contributed by atoms with Crippen molar-refractivity contribution in [2.75, 3.05) is 19.0 Å². The number of rotatable bonds is 8. The van der Waals surface area contributed by atoms with E-state index in [4.69, 9.17) is 20.4 Å². The smallest absolute Gasteiger partial charge is 0.281 e. The first kappa shape index (κ1) is 27.9. The summed E-state index contributed by atoms with van der Waals surface area (Å²) in [4.78, 5) is 39.2. The fraction of sp³-hybridized carbons (Fsp3) is 0.375. The molecular weight excluding hydrogens is 476 g/mol. The molecule has 0 bridgehead atoms. The van der Waals surface area contributed by atoms with Gasteiger partial charge in [-0.3, -0.25) is 19.6 Å². The number of carbonyl (C=O) groups is 3. The predicted octanol–water partition coefficient (Wildman–Crippen LogP) is 1.88. The Balaban J connectivity index is 0.00000432. The molecule has 2 atom stereocenters. The van der Waals surface area contributed by atoms with Gasteiger partial charge in [0.05, 0.1) is 13.2 Å². The summed E-state index contributed by atoms with van der Waals surface area (Å²) in [6, 6.07) is 10.6. The van der Waals surface area contributed by atoms with Gasteiger partial charge in [-0.15, -0.1) is 12.4 Å². The van der Waals surface area contributed by atoms with E-state index in [-0.39, 0.29) is 43.3 Å². The number of fused-ring (bicyclic) bond motifs is 1. The molecule has 0 saturated heterocycles. The van der Waals surface area contributed by atoms with Gasteiger partial charge in [-0.25, -0.2) is 5.48 Å². The highest BCUT2D eigenvalue weighted by atomic mass is 35.5. The first-order chi connectivity index (χ1) is 16.2. The van der Waals surface area contributed by atoms with Crippen LogP contribution in [0.5, 0.6) is 11.5 Å². The third-order valence-corrected chi connectivity index (χ3v) is 5.75. The Kier molecular flexibility index (Phi) is 9.88. The van der Waals surface area contributed by atoms with E-state index in [2.05, 4.69) is 5.32 Å². The molecule has 0 saturated carbocycles. The maximum atomic E-state index is 13.2. The Morgan fingerprint density at radius 1 is 1.11 bits per heavy atom. The second kappa shape index (κ2) is 12.4. The second-order valence-corrected chi connectivity index (χ2v) is 8.43. The molecule has 0 fully saturated rings. The van der Waals surface area contributed by atoms with Gasteiger partial charge in [-0.1, -0.05) is 19.9 Å². The quantitative estimate of drug-likeness (QED) is 0.316. The molecule has 190 valence electrons. The number of halogens is 1. The number of hydrogen-bond acceptors (Lipinski definition) is 7. The zero-order valence-corrected chi connectivity index (χ0v) is 20.6. The molecule has 0 unspecified atom stereocenters. The van der Waals surface area contributed by atoms with Gasteiger partial charge < -0.3 is 25.4 Å². The Bertz CT molecular complexity index is 1050. The van der Waals surface area contributed by atoms with Crippen LogP contribution in [0.25, 0.3) is 0 Å². The normalized spacial score (nSPS) is 15.4. The van der Waals surface area contributed by atoms with E-state index >= 15 is 0 Å². The van der Waals surface area contributed by atoms with Crippen LogP contribution in [0, 0.1) is 5.92 Å². The number of ether oxygens (including phenoxy) is 2. The van der Waals surface area contributed by atoms with Crippen LogP contribution in [-0.4, -0.2) is 53.6 Å². The average molecular weight is 507 g/mol. The second-order valence-electron chi connectivity index (χ2n) is 8.43. The third kappa shape index (κ3) is 6.84. The van der Waals surface area contributed by atoms with Crippen LogP contribution >= 0.6 is 12.4 Å². The molecule has 1 heterocycles. The van der Waals surface area contributed by atoms with Crippen molar-refractivity contribution in [3.63, 3.8) is 0 Å². The first-order valence-corrected chi connectivity index (χ1v) is 10.9. The average Bonchev–Trinajstić information content (AvgIpc) is 2.85. The molecule has 1 aliphatic rings. The number of nitrogens with two attached hydrogens (primary N) is 1. The van der Waals surface area contributed by atoms with Crippen molar-refractivity contribution < 1.29 is 29.1 Å². The molecular formula is C24H31ClN4O6. The number of carbonyl (C=O) groups excluding carboxylic acids is 3. The van der Waals surface area contributed by atoms with Gasteiger partial charge in [-0.2, -0.15) is 0 Å². The van der Waals surface area contributed by atoms with E-state index in [9.17, 15) is 14.4 Å². The third-order valence-electron chi connectivity index (χ3n) is 5.75. The molecule has 10 nitrogen and oxygen atoms in total. The number of amides is 3. The van der Waals surface area contributed by atoms with E-state index in [1.807, 2.05) is 13.8 Å². The lowest BCUT2D eigenvalue weighted by Crippen LogP contribution is -2.56. The molecule has 0 spiro atoms. The van der Waals surface area contributed by atoms with E-state index in [1.165, 1.54) is 10.4 Å². The van der Waals surface area contributed by atoms with Crippen molar-refractivity contribution in [2.45, 2.75) is 38.9 Å². The zero-order chi connectivity index (χ0) is 24.8. The number of benzene rings is 2. The summed E-state index contributed by atoms with van der Waals surface area (Å²) >= 11 is 0. The highest BCUT2D eigenvalue weighted by Crippen LogP contribution is 2.29. The lowest BCUT2D eigenvalue weighted by atomic mass is 9.91. The number of hydroxylamine groups is 1. The molecule has 11 heteroatoms. The lowest BCUT2D eigenvalue weighted by molar-refractivity contribution is -0.141. The number of methoxy groups -OCH3 is 1. The molecule has 5 N–H and O–H groups in total. The van der Waals surface area contributed by atoms with Crippen LogP contribution in [0.3, 0.4) is 0 Å². The standard InChI is InChI=1S/C24H30N4O6.ClH/c1-14(2)22(25)24(31)28-12-16-10-19(34-13-21(29)27-32)7-4-15(16)11-20(28)23(30)26-17-5-8-18(33-3)9-6-17;/h4-10,14,20,22,32H,11-13,25H2,1-3H3,(H,26,30)(H,27,29);1H/t20-,22-;/m0./s1. The topological polar surface area (TPSA) is 143 Å².